The van der Waals surface area contributed by atoms with Crippen molar-refractivity contribution >= 4 is 34.1 Å². The van der Waals surface area contributed by atoms with Gasteiger partial charge in [-0.3, -0.25) is 18.9 Å². The molecule has 10 saturated heterocycles. The molecule has 10 aliphatic rings. The normalized spacial score (nSPS) is 49.6. The topological polar surface area (TPSA) is 869 Å². The van der Waals surface area contributed by atoms with E-state index in [0.29, 0.717) is 0 Å². The van der Waals surface area contributed by atoms with Crippen LogP contribution in [-0.2, 0) is 124 Å². The molecule has 0 aliphatic carbocycles. The summed E-state index contributed by atoms with van der Waals surface area (Å²) < 4.78 is 151. The van der Waals surface area contributed by atoms with Crippen molar-refractivity contribution in [3.05, 3.63) is 0 Å². The van der Waals surface area contributed by atoms with Crippen LogP contribution >= 0.6 is 0 Å². The van der Waals surface area contributed by atoms with Crippen molar-refractivity contribution in [1.82, 2.24) is 16.0 Å². The lowest BCUT2D eigenvalue weighted by atomic mass is 9.93. The van der Waals surface area contributed by atoms with E-state index in [0.717, 1.165) is 27.7 Å². The first-order valence-corrected chi connectivity index (χ1v) is 39.9. The van der Waals surface area contributed by atoms with Crippen molar-refractivity contribution in [2.75, 3.05) is 46.2 Å². The molecule has 712 valence electrons. The molecule has 0 aromatic rings. The predicted octanol–water partition coefficient (Wildman–Crippen LogP) is -20.4. The summed E-state index contributed by atoms with van der Waals surface area (Å²) in [6.07, 6.45) is -105. The van der Waals surface area contributed by atoms with Crippen molar-refractivity contribution in [2.45, 2.75) is 341 Å². The third kappa shape index (κ3) is 22.6. The first-order valence-electron chi connectivity index (χ1n) is 38.5. The van der Waals surface area contributed by atoms with Crippen molar-refractivity contribution < 1.29 is 259 Å². The third-order valence-electron chi connectivity index (χ3n) is 22.2. The highest BCUT2D eigenvalue weighted by molar-refractivity contribution is 7.80. The number of aliphatic hydroxyl groups excluding tert-OH is 25. The highest BCUT2D eigenvalue weighted by Crippen LogP contribution is 2.42. The predicted molar refractivity (Wildman–Crippen MR) is 373 cm³/mol. The summed E-state index contributed by atoms with van der Waals surface area (Å²) >= 11 is 0. The summed E-state index contributed by atoms with van der Waals surface area (Å²) in [5.41, 5.74) is 0. The number of nitrogens with one attached hydrogen (secondary N) is 3. The monoisotopic (exact) mass is 1820 g/mol. The van der Waals surface area contributed by atoms with E-state index in [-0.39, 0.29) is 0 Å². The smallest absolute Gasteiger partial charge is 0.397 e. The van der Waals surface area contributed by atoms with Crippen LogP contribution in [0.25, 0.3) is 0 Å². The number of aliphatic carboxylic acids is 1. The van der Waals surface area contributed by atoms with Gasteiger partial charge in [-0.05, 0) is 13.8 Å². The van der Waals surface area contributed by atoms with Gasteiger partial charge in [0.2, 0.25) is 17.7 Å². The van der Waals surface area contributed by atoms with Crippen LogP contribution in [0.1, 0.15) is 34.6 Å². The van der Waals surface area contributed by atoms with Gasteiger partial charge < -0.3 is 239 Å². The molecule has 10 rings (SSSR count). The molecule has 0 saturated carbocycles. The Morgan fingerprint density at radius 1 is 0.293 bits per heavy atom. The average molecular weight is 1820 g/mol. The van der Waals surface area contributed by atoms with Crippen LogP contribution < -0.4 is 16.0 Å². The van der Waals surface area contributed by atoms with Gasteiger partial charge in [-0.1, -0.05) is 0 Å². The number of amides is 3. The molecule has 50 atom stereocenters. The fraction of sp³-hybridized carbons (Fsp3) is 0.939. The molecule has 0 spiro atoms. The van der Waals surface area contributed by atoms with Crippen LogP contribution in [0.3, 0.4) is 0 Å². The van der Waals surface area contributed by atoms with Crippen molar-refractivity contribution in [3.63, 3.8) is 0 Å². The van der Waals surface area contributed by atoms with Gasteiger partial charge in [0.05, 0.1) is 58.5 Å². The van der Waals surface area contributed by atoms with E-state index in [4.69, 9.17) is 90.0 Å². The molecule has 0 aromatic heterocycles. The summed E-state index contributed by atoms with van der Waals surface area (Å²) in [7, 11) is -5.40. The number of hydrogen-bond donors (Lipinski definition) is 30. The molecule has 0 aromatic carbocycles. The number of carboxylic acids is 1. The summed E-state index contributed by atoms with van der Waals surface area (Å²) in [6, 6.07) is -5.94. The SMILES string of the molecule is CC(=O)N[C@@H]1[C@@H](O[C@@H]2O[C@H](CO)[C@H](O[C@@H]3O[C@H](CO)[C@H](O[C@H]4O[C@H](CO)[C@H](O)[C@H](O[C@@H]5O[C@H](CO)[C@H](O)[C@H](O)[C@H]5O)[C@H]4NC(C)=O)[C@H](O)[C@H]3O)[C@H](O[C@@H]3O[C@H](CO)[C@H](O)[C@H](O[C@@H]4O[C@H](C(=O)O)[C@@H](O)[C@H](O)[C@H]4O)[C@H]3O)[C@H]2O[C@@H]2O[C@@H](C)[C@@H](O)[C@@H](O)[C@@H]2O)[C@@H](O)[C@@H](CO[C@@H]2O[C@H](COS(=O)(=O)O)[C@@H](O)[C@H](O[C@@H]3O[C@@H](C)[C@@H](O)[C@@H](O)[C@@H]3O)[C@H]2NC(C)=O)O[C@H]1O. The maximum Gasteiger partial charge on any atom is 0.397 e. The Hall–Kier alpha value is -4.01. The Bertz CT molecular complexity index is 3510. The minimum absolute atomic E-state index is 0.864. The van der Waals surface area contributed by atoms with E-state index < -0.39 is 387 Å². The van der Waals surface area contributed by atoms with Crippen molar-refractivity contribution in [2.24, 2.45) is 0 Å². The zero-order valence-electron chi connectivity index (χ0n) is 65.4. The van der Waals surface area contributed by atoms with Gasteiger partial charge in [0.15, 0.2) is 69.0 Å². The molecule has 57 heteroatoms. The van der Waals surface area contributed by atoms with Crippen LogP contribution in [0.2, 0.25) is 0 Å². The van der Waals surface area contributed by atoms with Gasteiger partial charge in [0.25, 0.3) is 0 Å². The molecular formula is C66H109N3O53S. The van der Waals surface area contributed by atoms with E-state index in [2.05, 4.69) is 20.1 Å². The number of hydrogen-bond acceptors (Lipinski definition) is 51. The summed E-state index contributed by atoms with van der Waals surface area (Å²) in [5.74, 6) is -4.96. The summed E-state index contributed by atoms with van der Waals surface area (Å²) in [6.45, 7) is -3.69. The van der Waals surface area contributed by atoms with Crippen LogP contribution in [-0.4, -0.2) is 523 Å². The molecule has 56 nitrogen and oxygen atoms in total. The first-order chi connectivity index (χ1) is 57.8. The van der Waals surface area contributed by atoms with E-state index in [9.17, 15) is 165 Å². The lowest BCUT2D eigenvalue weighted by molar-refractivity contribution is -0.420. The Morgan fingerprint density at radius 2 is 0.618 bits per heavy atom. The molecule has 0 radical (unpaired) electrons. The molecular weight excluding hydrogens is 1710 g/mol. The Labute approximate surface area is 694 Å². The second kappa shape index (κ2) is 42.9. The summed E-state index contributed by atoms with van der Waals surface area (Å²) in [5, 5.41) is 298. The average Bonchev–Trinajstić information content (AvgIpc) is 0.940. The second-order valence-corrected chi connectivity index (χ2v) is 31.9. The second-order valence-electron chi connectivity index (χ2n) is 30.8. The quantitative estimate of drug-likeness (QED) is 0.0287. The van der Waals surface area contributed by atoms with Gasteiger partial charge in [-0.25, -0.2) is 8.98 Å². The van der Waals surface area contributed by atoms with Crippen LogP contribution in [0.4, 0.5) is 0 Å². The van der Waals surface area contributed by atoms with E-state index in [1.54, 1.807) is 0 Å². The van der Waals surface area contributed by atoms with E-state index >= 15 is 0 Å². The first kappa shape index (κ1) is 101. The van der Waals surface area contributed by atoms with E-state index in [1.165, 1.54) is 6.92 Å². The molecule has 3 amide bonds. The van der Waals surface area contributed by atoms with Crippen LogP contribution in [0, 0.1) is 0 Å². The van der Waals surface area contributed by atoms with Gasteiger partial charge in [-0.15, -0.1) is 0 Å². The van der Waals surface area contributed by atoms with Gasteiger partial charge >= 0.3 is 16.4 Å². The lowest BCUT2D eigenvalue weighted by Gasteiger charge is -2.53. The maximum absolute atomic E-state index is 13.2. The van der Waals surface area contributed by atoms with Crippen LogP contribution in [0.15, 0.2) is 0 Å². The number of ether oxygens (including phenoxy) is 19. The molecule has 30 N–H and O–H groups in total. The number of carbonyl (C=O) groups excluding carboxylic acids is 3. The summed E-state index contributed by atoms with van der Waals surface area (Å²) in [4.78, 5) is 51.5. The highest BCUT2D eigenvalue weighted by Gasteiger charge is 2.63. The standard InChI is InChI=1S/C66H109N3O53S/c1-13-28(78)35(85)41(91)60(105-13)116-50-26(68-16(4)76)58(113-24(34(50)84)12-104-123(100,101)102)103-11-23-33(83)49(25(57(99)107-23)67-15(3)75)118-66-55(122-61-42(92)36(86)29(79)14(2)106-61)54(121-65-46(96)52(32(82)20(8-72)110-65)119-64-44(94)38(88)39(89)53(120-64)56(97)98)48(22(10-74)112-66)115-63-45(95)40(90)47(21(9-73)111-63)114-59-27(69-17(5)77)51(31(81)19(7-71)108-59)117-62-43(93)37(87)30(80)18(6-70)109-62/h13-14,18-55,57-66,70-74,78-96,99H,6-12H2,1-5H3,(H,67,75)(H,68,76)(H,69,77)(H,97,98)(H,100,101,102)/t13-,14-,18+,19+,20+,21+,22+,23+,24+,25+,26+,27+,28+,29+,30-,31-,32-,33-,34+,35+,36+,37-,38-,39-,40+,41-,42-,43+,44+,45+,46+,47-,48-,49+,50+,51+,52-,53-,54-,55+,57+,58+,59+,60-,61-,62-,63-,64+,65-,66-/m0/s1. The number of aliphatic hydroxyl groups is 25. The van der Waals surface area contributed by atoms with Crippen molar-refractivity contribution in [1.29, 1.82) is 0 Å². The molecule has 0 unspecified atom stereocenters. The largest absolute Gasteiger partial charge is 0.479 e. The fourth-order valence-electron chi connectivity index (χ4n) is 15.5. The molecule has 0 bridgehead atoms. The van der Waals surface area contributed by atoms with Crippen LogP contribution in [0.5, 0.6) is 0 Å². The Kier molecular flexibility index (Phi) is 35.3. The van der Waals surface area contributed by atoms with Gasteiger partial charge in [0, 0.05) is 20.8 Å². The minimum Gasteiger partial charge on any atom is -0.479 e. The van der Waals surface area contributed by atoms with Gasteiger partial charge in [-0.2, -0.15) is 8.42 Å². The maximum atomic E-state index is 13.2. The zero-order chi connectivity index (χ0) is 90.9. The molecule has 10 heterocycles. The highest BCUT2D eigenvalue weighted by atomic mass is 32.3. The Morgan fingerprint density at radius 3 is 1.11 bits per heavy atom. The third-order valence-corrected chi connectivity index (χ3v) is 22.6. The number of rotatable bonds is 31. The van der Waals surface area contributed by atoms with Gasteiger partial charge in [0.1, 0.15) is 226 Å². The molecule has 10 aliphatic heterocycles. The molecule has 10 fully saturated rings. The zero-order valence-corrected chi connectivity index (χ0v) is 66.2. The Balaban J connectivity index is 1.04. The fourth-order valence-corrected chi connectivity index (χ4v) is 15.8. The number of carboxylic acid groups (broad SMARTS) is 1. The minimum atomic E-state index is -5.40. The number of carbonyl (C=O) groups is 4. The van der Waals surface area contributed by atoms with E-state index in [1.807, 2.05) is 0 Å². The lowest BCUT2D eigenvalue weighted by Crippen LogP contribution is -2.71. The van der Waals surface area contributed by atoms with Crippen molar-refractivity contribution in [3.8, 4) is 0 Å². The molecule has 123 heavy (non-hydrogen) atoms.